The molecule has 0 saturated heterocycles. The third kappa shape index (κ3) is 3.76. The first-order valence-electron chi connectivity index (χ1n) is 7.51. The molecule has 1 N–H and O–H groups in total. The molecule has 2 aromatic heterocycles. The van der Waals surface area contributed by atoms with Gasteiger partial charge >= 0.3 is 6.18 Å². The topological polar surface area (TPSA) is 54.9 Å². The molecular weight excluding hydrogens is 331 g/mol. The van der Waals surface area contributed by atoms with Crippen molar-refractivity contribution in [1.29, 1.82) is 0 Å². The van der Waals surface area contributed by atoms with Crippen LogP contribution < -0.4 is 5.32 Å². The van der Waals surface area contributed by atoms with E-state index < -0.39 is 11.7 Å². The van der Waals surface area contributed by atoms with E-state index in [0.717, 1.165) is 17.5 Å². The van der Waals surface area contributed by atoms with E-state index in [4.69, 9.17) is 0 Å². The summed E-state index contributed by atoms with van der Waals surface area (Å²) in [6.45, 7) is 1.84. The lowest BCUT2D eigenvalue weighted by Gasteiger charge is -2.10. The highest BCUT2D eigenvalue weighted by Crippen LogP contribution is 2.29. The minimum atomic E-state index is -4.37. The van der Waals surface area contributed by atoms with Crippen LogP contribution in [0.5, 0.6) is 0 Å². The molecule has 0 aliphatic heterocycles. The van der Waals surface area contributed by atoms with Crippen LogP contribution in [0.2, 0.25) is 0 Å². The van der Waals surface area contributed by atoms with Gasteiger partial charge in [-0.15, -0.1) is 0 Å². The molecule has 0 atom stereocenters. The summed E-state index contributed by atoms with van der Waals surface area (Å²) in [6, 6.07) is 9.94. The number of carbonyl (C=O) groups excluding carboxylic acids is 1. The second kappa shape index (κ2) is 6.51. The summed E-state index contributed by atoms with van der Waals surface area (Å²) in [5, 5.41) is 3.44. The van der Waals surface area contributed by atoms with Crippen molar-refractivity contribution < 1.29 is 18.0 Å². The second-order valence-corrected chi connectivity index (χ2v) is 5.55. The van der Waals surface area contributed by atoms with Crippen LogP contribution in [0.25, 0.3) is 11.0 Å². The Labute approximate surface area is 141 Å². The van der Waals surface area contributed by atoms with Gasteiger partial charge in [-0.1, -0.05) is 12.1 Å². The zero-order valence-corrected chi connectivity index (χ0v) is 13.3. The number of carbonyl (C=O) groups is 1. The number of aromatic nitrogens is 2. The first-order chi connectivity index (χ1) is 11.8. The monoisotopic (exact) mass is 345 g/mol. The summed E-state index contributed by atoms with van der Waals surface area (Å²) in [5.74, 6) is -0.337. The Kier molecular flexibility index (Phi) is 4.39. The Morgan fingerprint density at radius 2 is 1.88 bits per heavy atom. The molecule has 4 nitrogen and oxygen atoms in total. The SMILES string of the molecule is Cc1nc2ncccc2cc1C(=O)NCc1ccc(C(F)(F)F)cc1. The molecule has 128 valence electrons. The predicted octanol–water partition coefficient (Wildman–Crippen LogP) is 3.89. The van der Waals surface area contributed by atoms with Gasteiger partial charge < -0.3 is 5.32 Å². The number of fused-ring (bicyclic) bond motifs is 1. The lowest BCUT2D eigenvalue weighted by molar-refractivity contribution is -0.137. The fraction of sp³-hybridized carbons (Fsp3) is 0.167. The molecule has 25 heavy (non-hydrogen) atoms. The van der Waals surface area contributed by atoms with Crippen LogP contribution in [-0.2, 0) is 12.7 Å². The van der Waals surface area contributed by atoms with E-state index in [0.29, 0.717) is 22.5 Å². The van der Waals surface area contributed by atoms with Crippen molar-refractivity contribution in [3.05, 3.63) is 71.0 Å². The third-order valence-electron chi connectivity index (χ3n) is 3.76. The molecule has 3 aromatic rings. The molecule has 0 unspecified atom stereocenters. The number of rotatable bonds is 3. The average Bonchev–Trinajstić information content (AvgIpc) is 2.58. The van der Waals surface area contributed by atoms with Crippen molar-refractivity contribution in [2.24, 2.45) is 0 Å². The quantitative estimate of drug-likeness (QED) is 0.784. The molecule has 7 heteroatoms. The molecule has 0 saturated carbocycles. The van der Waals surface area contributed by atoms with Crippen molar-refractivity contribution in [3.8, 4) is 0 Å². The lowest BCUT2D eigenvalue weighted by atomic mass is 10.1. The van der Waals surface area contributed by atoms with Crippen molar-refractivity contribution in [3.63, 3.8) is 0 Å². The van der Waals surface area contributed by atoms with Gasteiger partial charge in [-0.25, -0.2) is 9.97 Å². The number of amides is 1. The summed E-state index contributed by atoms with van der Waals surface area (Å²) in [7, 11) is 0. The van der Waals surface area contributed by atoms with Gasteiger partial charge in [0.15, 0.2) is 5.65 Å². The van der Waals surface area contributed by atoms with Crippen LogP contribution >= 0.6 is 0 Å². The highest BCUT2D eigenvalue weighted by Gasteiger charge is 2.29. The van der Waals surface area contributed by atoms with Gasteiger partial charge in [0.25, 0.3) is 5.91 Å². The van der Waals surface area contributed by atoms with Gasteiger partial charge in [0, 0.05) is 18.1 Å². The molecular formula is C18H14F3N3O. The Morgan fingerprint density at radius 1 is 1.16 bits per heavy atom. The van der Waals surface area contributed by atoms with Crippen LogP contribution in [0.4, 0.5) is 13.2 Å². The molecule has 0 spiro atoms. The highest BCUT2D eigenvalue weighted by molar-refractivity contribution is 5.98. The fourth-order valence-electron chi connectivity index (χ4n) is 2.41. The number of alkyl halides is 3. The molecule has 0 bridgehead atoms. The molecule has 0 aliphatic carbocycles. The lowest BCUT2D eigenvalue weighted by Crippen LogP contribution is -2.24. The van der Waals surface area contributed by atoms with E-state index in [9.17, 15) is 18.0 Å². The predicted molar refractivity (Wildman–Crippen MR) is 86.9 cm³/mol. The summed E-state index contributed by atoms with van der Waals surface area (Å²) in [4.78, 5) is 20.8. The van der Waals surface area contributed by atoms with E-state index in [-0.39, 0.29) is 12.5 Å². The Hall–Kier alpha value is -2.96. The number of pyridine rings is 2. The average molecular weight is 345 g/mol. The van der Waals surface area contributed by atoms with Crippen LogP contribution in [0.3, 0.4) is 0 Å². The fourth-order valence-corrected chi connectivity index (χ4v) is 2.41. The van der Waals surface area contributed by atoms with Crippen molar-refractivity contribution >= 4 is 16.9 Å². The van der Waals surface area contributed by atoms with E-state index in [1.807, 2.05) is 0 Å². The van der Waals surface area contributed by atoms with Crippen molar-refractivity contribution in [2.75, 3.05) is 0 Å². The second-order valence-electron chi connectivity index (χ2n) is 5.55. The minimum Gasteiger partial charge on any atom is -0.348 e. The van der Waals surface area contributed by atoms with E-state index >= 15 is 0 Å². The Bertz CT molecular complexity index is 921. The first kappa shape index (κ1) is 16.9. The van der Waals surface area contributed by atoms with Crippen LogP contribution in [0, 0.1) is 6.92 Å². The van der Waals surface area contributed by atoms with Crippen LogP contribution in [-0.4, -0.2) is 15.9 Å². The molecule has 1 aromatic carbocycles. The molecule has 0 radical (unpaired) electrons. The molecule has 1 amide bonds. The Balaban J connectivity index is 1.73. The van der Waals surface area contributed by atoms with Gasteiger partial charge in [-0.3, -0.25) is 4.79 Å². The maximum atomic E-state index is 12.5. The first-order valence-corrected chi connectivity index (χ1v) is 7.51. The highest BCUT2D eigenvalue weighted by atomic mass is 19.4. The summed E-state index contributed by atoms with van der Waals surface area (Å²) in [6.07, 6.45) is -2.75. The number of hydrogen-bond acceptors (Lipinski definition) is 3. The van der Waals surface area contributed by atoms with Crippen LogP contribution in [0.1, 0.15) is 27.2 Å². The van der Waals surface area contributed by atoms with E-state index in [1.165, 1.54) is 12.1 Å². The molecule has 0 aliphatic rings. The number of benzene rings is 1. The summed E-state index contributed by atoms with van der Waals surface area (Å²) >= 11 is 0. The normalized spacial score (nSPS) is 11.5. The van der Waals surface area contributed by atoms with E-state index in [2.05, 4.69) is 15.3 Å². The molecule has 3 rings (SSSR count). The third-order valence-corrected chi connectivity index (χ3v) is 3.76. The van der Waals surface area contributed by atoms with Crippen LogP contribution in [0.15, 0.2) is 48.7 Å². The number of hydrogen-bond donors (Lipinski definition) is 1. The van der Waals surface area contributed by atoms with Gasteiger partial charge in [0.05, 0.1) is 16.8 Å². The van der Waals surface area contributed by atoms with Gasteiger partial charge in [-0.2, -0.15) is 13.2 Å². The van der Waals surface area contributed by atoms with E-state index in [1.54, 1.807) is 31.3 Å². The van der Waals surface area contributed by atoms with Gasteiger partial charge in [0.1, 0.15) is 0 Å². The maximum Gasteiger partial charge on any atom is 0.416 e. The zero-order chi connectivity index (χ0) is 18.0. The van der Waals surface area contributed by atoms with Crippen molar-refractivity contribution in [1.82, 2.24) is 15.3 Å². The largest absolute Gasteiger partial charge is 0.416 e. The standard InChI is InChI=1S/C18H14F3N3O/c1-11-15(9-13-3-2-8-22-16(13)24-11)17(25)23-10-12-4-6-14(7-5-12)18(19,20)21/h2-9H,10H2,1H3,(H,23,25). The number of halogens is 3. The smallest absolute Gasteiger partial charge is 0.348 e. The molecule has 2 heterocycles. The summed E-state index contributed by atoms with van der Waals surface area (Å²) < 4.78 is 37.6. The zero-order valence-electron chi connectivity index (χ0n) is 13.3. The molecule has 0 fully saturated rings. The number of aryl methyl sites for hydroxylation is 1. The summed E-state index contributed by atoms with van der Waals surface area (Å²) in [5.41, 5.74) is 1.36. The van der Waals surface area contributed by atoms with Crippen molar-refractivity contribution in [2.45, 2.75) is 19.6 Å². The maximum absolute atomic E-state index is 12.5. The number of nitrogens with zero attached hydrogens (tertiary/aromatic N) is 2. The number of nitrogens with one attached hydrogen (secondary N) is 1. The van der Waals surface area contributed by atoms with Gasteiger partial charge in [0.2, 0.25) is 0 Å². The Morgan fingerprint density at radius 3 is 2.56 bits per heavy atom. The minimum absolute atomic E-state index is 0.126. The van der Waals surface area contributed by atoms with Gasteiger partial charge in [-0.05, 0) is 42.8 Å².